The number of hydrogen-bond acceptors (Lipinski definition) is 3. The molecule has 5 heteroatoms. The van der Waals surface area contributed by atoms with Gasteiger partial charge in [0.15, 0.2) is 0 Å². The Morgan fingerprint density at radius 2 is 1.96 bits per heavy atom. The molecule has 2 unspecified atom stereocenters. The predicted octanol–water partition coefficient (Wildman–Crippen LogP) is 3.89. The first-order chi connectivity index (χ1) is 11.5. The lowest BCUT2D eigenvalue weighted by Crippen LogP contribution is -2.30. The maximum atomic E-state index is 13.4. The van der Waals surface area contributed by atoms with Gasteiger partial charge in [0.1, 0.15) is 11.6 Å². The van der Waals surface area contributed by atoms with Gasteiger partial charge in [-0.25, -0.2) is 4.39 Å². The van der Waals surface area contributed by atoms with Crippen molar-refractivity contribution in [2.45, 2.75) is 26.3 Å². The van der Waals surface area contributed by atoms with Crippen molar-refractivity contribution < 1.29 is 13.9 Å². The van der Waals surface area contributed by atoms with E-state index in [0.717, 1.165) is 12.0 Å². The molecule has 1 amide bonds. The van der Waals surface area contributed by atoms with Gasteiger partial charge >= 0.3 is 0 Å². The van der Waals surface area contributed by atoms with Crippen LogP contribution in [-0.2, 0) is 4.79 Å². The van der Waals surface area contributed by atoms with Crippen molar-refractivity contribution in [1.82, 2.24) is 0 Å². The van der Waals surface area contributed by atoms with E-state index < -0.39 is 17.8 Å². The lowest BCUT2D eigenvalue weighted by molar-refractivity contribution is -0.120. The van der Waals surface area contributed by atoms with Crippen LogP contribution in [0.15, 0.2) is 48.5 Å². The molecule has 2 atom stereocenters. The molecule has 4 nitrogen and oxygen atoms in total. The molecule has 0 aliphatic carbocycles. The third kappa shape index (κ3) is 4.55. The standard InChI is InChI=1S/C19H23FN2O2/c1-3-11-24-17-12-15(20)9-10-16(17)22-19(23)13(2)18(21)14-7-5-4-6-8-14/h4-10,12-13,18H,3,11,21H2,1-2H3,(H,22,23). The molecular weight excluding hydrogens is 307 g/mol. The summed E-state index contributed by atoms with van der Waals surface area (Å²) in [5.41, 5.74) is 7.52. The second kappa shape index (κ2) is 8.45. The predicted molar refractivity (Wildman–Crippen MR) is 93.4 cm³/mol. The largest absolute Gasteiger partial charge is 0.491 e. The van der Waals surface area contributed by atoms with E-state index in [1.807, 2.05) is 37.3 Å². The van der Waals surface area contributed by atoms with Gasteiger partial charge in [-0.2, -0.15) is 0 Å². The summed E-state index contributed by atoms with van der Waals surface area (Å²) in [6, 6.07) is 13.1. The molecule has 0 bridgehead atoms. The Morgan fingerprint density at radius 3 is 2.62 bits per heavy atom. The molecular formula is C19H23FN2O2. The fourth-order valence-corrected chi connectivity index (χ4v) is 2.30. The average molecular weight is 330 g/mol. The Kier molecular flexibility index (Phi) is 6.32. The van der Waals surface area contributed by atoms with Crippen LogP contribution in [0.2, 0.25) is 0 Å². The van der Waals surface area contributed by atoms with Crippen LogP contribution in [0.4, 0.5) is 10.1 Å². The molecule has 0 aromatic heterocycles. The quantitative estimate of drug-likeness (QED) is 0.809. The van der Waals surface area contributed by atoms with Crippen molar-refractivity contribution in [3.63, 3.8) is 0 Å². The first kappa shape index (κ1) is 17.9. The summed E-state index contributed by atoms with van der Waals surface area (Å²) in [7, 11) is 0. The number of hydrogen-bond donors (Lipinski definition) is 2. The molecule has 0 aliphatic rings. The smallest absolute Gasteiger partial charge is 0.229 e. The Balaban J connectivity index is 2.11. The van der Waals surface area contributed by atoms with Gasteiger partial charge in [-0.3, -0.25) is 4.79 Å². The zero-order valence-electron chi connectivity index (χ0n) is 14.0. The highest BCUT2D eigenvalue weighted by Crippen LogP contribution is 2.27. The highest BCUT2D eigenvalue weighted by Gasteiger charge is 2.23. The van der Waals surface area contributed by atoms with Crippen molar-refractivity contribution in [1.29, 1.82) is 0 Å². The fourth-order valence-electron chi connectivity index (χ4n) is 2.30. The monoisotopic (exact) mass is 330 g/mol. The van der Waals surface area contributed by atoms with E-state index in [1.54, 1.807) is 6.92 Å². The van der Waals surface area contributed by atoms with Crippen LogP contribution >= 0.6 is 0 Å². The average Bonchev–Trinajstić information content (AvgIpc) is 2.61. The number of ether oxygens (including phenoxy) is 1. The summed E-state index contributed by atoms with van der Waals surface area (Å²) in [4.78, 5) is 12.5. The molecule has 0 heterocycles. The van der Waals surface area contributed by atoms with Gasteiger partial charge in [0, 0.05) is 12.1 Å². The van der Waals surface area contributed by atoms with E-state index in [-0.39, 0.29) is 5.91 Å². The van der Waals surface area contributed by atoms with Gasteiger partial charge in [0.25, 0.3) is 0 Å². The fraction of sp³-hybridized carbons (Fsp3) is 0.316. The molecule has 2 aromatic carbocycles. The molecule has 2 aromatic rings. The summed E-state index contributed by atoms with van der Waals surface area (Å²) in [6.07, 6.45) is 0.791. The molecule has 0 radical (unpaired) electrons. The van der Waals surface area contributed by atoms with E-state index in [4.69, 9.17) is 10.5 Å². The number of carbonyl (C=O) groups excluding carboxylic acids is 1. The maximum absolute atomic E-state index is 13.4. The van der Waals surface area contributed by atoms with Crippen molar-refractivity contribution >= 4 is 11.6 Å². The zero-order chi connectivity index (χ0) is 17.5. The van der Waals surface area contributed by atoms with Crippen LogP contribution in [0.1, 0.15) is 31.9 Å². The van der Waals surface area contributed by atoms with Crippen LogP contribution in [0, 0.1) is 11.7 Å². The zero-order valence-corrected chi connectivity index (χ0v) is 14.0. The van der Waals surface area contributed by atoms with Crippen LogP contribution in [0.25, 0.3) is 0 Å². The van der Waals surface area contributed by atoms with E-state index in [2.05, 4.69) is 5.32 Å². The molecule has 128 valence electrons. The summed E-state index contributed by atoms with van der Waals surface area (Å²) in [6.45, 7) is 4.17. The van der Waals surface area contributed by atoms with Crippen LogP contribution in [-0.4, -0.2) is 12.5 Å². The van der Waals surface area contributed by atoms with E-state index in [9.17, 15) is 9.18 Å². The highest BCUT2D eigenvalue weighted by molar-refractivity contribution is 5.94. The first-order valence-electron chi connectivity index (χ1n) is 8.06. The number of nitrogens with one attached hydrogen (secondary N) is 1. The summed E-state index contributed by atoms with van der Waals surface area (Å²) >= 11 is 0. The Hall–Kier alpha value is -2.40. The van der Waals surface area contributed by atoms with Crippen LogP contribution in [0.3, 0.4) is 0 Å². The number of carbonyl (C=O) groups is 1. The Labute approximate surface area is 141 Å². The van der Waals surface area contributed by atoms with E-state index in [1.165, 1.54) is 18.2 Å². The summed E-state index contributed by atoms with van der Waals surface area (Å²) in [5.74, 6) is -0.769. The minimum Gasteiger partial charge on any atom is -0.491 e. The normalized spacial score (nSPS) is 13.2. The number of rotatable bonds is 7. The topological polar surface area (TPSA) is 64.3 Å². The van der Waals surface area contributed by atoms with Gasteiger partial charge < -0.3 is 15.8 Å². The van der Waals surface area contributed by atoms with Crippen molar-refractivity contribution in [3.05, 3.63) is 59.9 Å². The van der Waals surface area contributed by atoms with Crippen molar-refractivity contribution in [2.75, 3.05) is 11.9 Å². The van der Waals surface area contributed by atoms with Crippen molar-refractivity contribution in [2.24, 2.45) is 11.7 Å². The number of anilines is 1. The first-order valence-corrected chi connectivity index (χ1v) is 8.06. The molecule has 0 saturated carbocycles. The third-order valence-electron chi connectivity index (χ3n) is 3.80. The second-order valence-corrected chi connectivity index (χ2v) is 5.70. The van der Waals surface area contributed by atoms with Crippen LogP contribution in [0.5, 0.6) is 5.75 Å². The van der Waals surface area contributed by atoms with Crippen LogP contribution < -0.4 is 15.8 Å². The molecule has 3 N–H and O–H groups in total. The number of benzene rings is 2. The number of amides is 1. The van der Waals surface area contributed by atoms with Gasteiger partial charge in [0.05, 0.1) is 18.2 Å². The maximum Gasteiger partial charge on any atom is 0.229 e. The van der Waals surface area contributed by atoms with Crippen molar-refractivity contribution in [3.8, 4) is 5.75 Å². The molecule has 24 heavy (non-hydrogen) atoms. The van der Waals surface area contributed by atoms with Gasteiger partial charge in [-0.1, -0.05) is 44.2 Å². The molecule has 0 fully saturated rings. The number of halogens is 1. The van der Waals surface area contributed by atoms with E-state index >= 15 is 0 Å². The third-order valence-corrected chi connectivity index (χ3v) is 3.80. The Morgan fingerprint density at radius 1 is 1.25 bits per heavy atom. The lowest BCUT2D eigenvalue weighted by atomic mass is 9.94. The summed E-state index contributed by atoms with van der Waals surface area (Å²) in [5, 5.41) is 2.79. The van der Waals surface area contributed by atoms with Gasteiger partial charge in [0.2, 0.25) is 5.91 Å². The molecule has 0 saturated heterocycles. The minimum atomic E-state index is -0.448. The molecule has 2 rings (SSSR count). The Bertz CT molecular complexity index is 676. The number of nitrogens with two attached hydrogens (primary N) is 1. The minimum absolute atomic E-state index is 0.237. The second-order valence-electron chi connectivity index (χ2n) is 5.70. The van der Waals surface area contributed by atoms with Gasteiger partial charge in [-0.15, -0.1) is 0 Å². The SMILES string of the molecule is CCCOc1cc(F)ccc1NC(=O)C(C)C(N)c1ccccc1. The highest BCUT2D eigenvalue weighted by atomic mass is 19.1. The van der Waals surface area contributed by atoms with E-state index in [0.29, 0.717) is 18.0 Å². The summed E-state index contributed by atoms with van der Waals surface area (Å²) < 4.78 is 18.9. The molecule has 0 spiro atoms. The molecule has 0 aliphatic heterocycles. The van der Waals surface area contributed by atoms with Gasteiger partial charge in [-0.05, 0) is 24.1 Å². The lowest BCUT2D eigenvalue weighted by Gasteiger charge is -2.20.